The van der Waals surface area contributed by atoms with Crippen LogP contribution >= 0.6 is 11.3 Å². The maximum Gasteiger partial charge on any atom is 0.410 e. The Morgan fingerprint density at radius 3 is 2.48 bits per heavy atom. The first-order chi connectivity index (χ1) is 22.2. The van der Waals surface area contributed by atoms with Crippen LogP contribution in [0.15, 0.2) is 42.0 Å². The van der Waals surface area contributed by atoms with Gasteiger partial charge in [-0.2, -0.15) is 0 Å². The second-order valence-electron chi connectivity index (χ2n) is 12.7. The summed E-state index contributed by atoms with van der Waals surface area (Å²) in [6.45, 7) is 13.9. The number of piperazine rings is 1. The molecule has 4 heterocycles. The van der Waals surface area contributed by atoms with Crippen molar-refractivity contribution in [1.29, 1.82) is 0 Å². The maximum absolute atomic E-state index is 12.4. The summed E-state index contributed by atoms with van der Waals surface area (Å²) in [4.78, 5) is 31.7. The second kappa shape index (κ2) is 15.6. The summed E-state index contributed by atoms with van der Waals surface area (Å²) in [5.41, 5.74) is 3.16. The quantitative estimate of drug-likeness (QED) is 0.145. The number of carbonyl (C=O) groups excluding carboxylic acids is 1. The van der Waals surface area contributed by atoms with Crippen LogP contribution in [0.3, 0.4) is 0 Å². The van der Waals surface area contributed by atoms with Crippen LogP contribution in [0, 0.1) is 6.92 Å². The van der Waals surface area contributed by atoms with Gasteiger partial charge in [0.05, 0.1) is 12.0 Å². The molecule has 1 aliphatic rings. The molecule has 1 fully saturated rings. The largest absolute Gasteiger partial charge is 0.444 e. The molecule has 11 nitrogen and oxygen atoms in total. The number of carbonyl (C=O) groups is 1. The predicted molar refractivity (Wildman–Crippen MR) is 187 cm³/mol. The third-order valence-corrected chi connectivity index (χ3v) is 8.78. The highest BCUT2D eigenvalue weighted by Crippen LogP contribution is 2.29. The lowest BCUT2D eigenvalue weighted by Crippen LogP contribution is -2.50. The number of anilines is 3. The van der Waals surface area contributed by atoms with Gasteiger partial charge in [-0.1, -0.05) is 12.8 Å². The van der Waals surface area contributed by atoms with Gasteiger partial charge in [0.25, 0.3) is 0 Å². The molecule has 5 rings (SSSR count). The number of nitrogens with one attached hydrogen (secondary N) is 2. The molecule has 0 saturated carbocycles. The molecule has 0 bridgehead atoms. The molecule has 1 amide bonds. The summed E-state index contributed by atoms with van der Waals surface area (Å²) >= 11 is 1.62. The number of methoxy groups -OCH3 is 1. The average molecular weight is 649 g/mol. The van der Waals surface area contributed by atoms with Crippen LogP contribution in [-0.4, -0.2) is 89.1 Å². The molecule has 3 aromatic heterocycles. The Labute approximate surface area is 276 Å². The first-order valence-electron chi connectivity index (χ1n) is 16.3. The van der Waals surface area contributed by atoms with Gasteiger partial charge in [0, 0.05) is 76.7 Å². The number of hydrogen-bond acceptors (Lipinski definition) is 10. The molecule has 1 saturated heterocycles. The highest BCUT2D eigenvalue weighted by Gasteiger charge is 2.26. The minimum absolute atomic E-state index is 0.224. The molecule has 0 aliphatic carbocycles. The number of fused-ring (bicyclic) bond motifs is 1. The number of amides is 1. The van der Waals surface area contributed by atoms with Gasteiger partial charge in [0.2, 0.25) is 0 Å². The summed E-state index contributed by atoms with van der Waals surface area (Å²) in [7, 11) is 1.70. The van der Waals surface area contributed by atoms with Crippen molar-refractivity contribution >= 4 is 44.8 Å². The number of unbranched alkanes of at least 4 members (excludes halogenated alkanes) is 3. The minimum atomic E-state index is -0.470. The lowest BCUT2D eigenvalue weighted by Gasteiger charge is -2.37. The van der Waals surface area contributed by atoms with E-state index >= 15 is 0 Å². The summed E-state index contributed by atoms with van der Waals surface area (Å²) in [6, 6.07) is 8.67. The predicted octanol–water partition coefficient (Wildman–Crippen LogP) is 6.65. The number of ether oxygens (including phenoxy) is 2. The van der Waals surface area contributed by atoms with Crippen molar-refractivity contribution in [2.24, 2.45) is 0 Å². The summed E-state index contributed by atoms with van der Waals surface area (Å²) < 4.78 is 12.8. The van der Waals surface area contributed by atoms with E-state index in [0.29, 0.717) is 32.1 Å². The minimum Gasteiger partial charge on any atom is -0.444 e. The van der Waals surface area contributed by atoms with Crippen LogP contribution in [0.5, 0.6) is 0 Å². The first kappa shape index (κ1) is 33.5. The van der Waals surface area contributed by atoms with Crippen LogP contribution in [0.2, 0.25) is 0 Å². The van der Waals surface area contributed by atoms with E-state index in [1.807, 2.05) is 31.5 Å². The number of aromatic nitrogens is 4. The van der Waals surface area contributed by atoms with Crippen molar-refractivity contribution in [1.82, 2.24) is 24.4 Å². The Kier molecular flexibility index (Phi) is 11.3. The van der Waals surface area contributed by atoms with E-state index < -0.39 is 5.60 Å². The fraction of sp³-hybridized carbons (Fsp3) is 0.529. The molecule has 248 valence electrons. The fourth-order valence-corrected chi connectivity index (χ4v) is 6.36. The summed E-state index contributed by atoms with van der Waals surface area (Å²) in [5.74, 6) is 2.26. The Bertz CT molecular complexity index is 1570. The molecule has 0 spiro atoms. The Morgan fingerprint density at radius 1 is 1.00 bits per heavy atom. The molecule has 0 radical (unpaired) electrons. The zero-order valence-electron chi connectivity index (χ0n) is 27.8. The topological polar surface area (TPSA) is 110 Å². The number of aryl methyl sites for hydroxylation is 1. The second-order valence-corrected chi connectivity index (χ2v) is 13.6. The molecule has 4 aromatic rings. The van der Waals surface area contributed by atoms with E-state index in [0.717, 1.165) is 79.4 Å². The van der Waals surface area contributed by atoms with Crippen LogP contribution in [0.4, 0.5) is 22.0 Å². The van der Waals surface area contributed by atoms with Crippen molar-refractivity contribution in [3.63, 3.8) is 0 Å². The van der Waals surface area contributed by atoms with Crippen LogP contribution < -0.4 is 15.5 Å². The van der Waals surface area contributed by atoms with Gasteiger partial charge in [-0.15, -0.1) is 11.3 Å². The molecule has 0 atom stereocenters. The van der Waals surface area contributed by atoms with Gasteiger partial charge >= 0.3 is 6.09 Å². The fourth-order valence-electron chi connectivity index (χ4n) is 5.60. The number of benzene rings is 1. The number of hydrogen-bond donors (Lipinski definition) is 2. The zero-order chi connectivity index (χ0) is 32.5. The van der Waals surface area contributed by atoms with Crippen molar-refractivity contribution in [3.8, 4) is 11.6 Å². The number of nitrogens with zero attached hydrogens (tertiary/aromatic N) is 6. The van der Waals surface area contributed by atoms with Crippen LogP contribution in [-0.2, 0) is 16.0 Å². The van der Waals surface area contributed by atoms with E-state index in [1.54, 1.807) is 29.5 Å². The Hall–Kier alpha value is -3.90. The lowest BCUT2D eigenvalue weighted by molar-refractivity contribution is 0.0240. The summed E-state index contributed by atoms with van der Waals surface area (Å²) in [6.07, 6.45) is 7.99. The maximum atomic E-state index is 12.4. The van der Waals surface area contributed by atoms with Crippen molar-refractivity contribution in [2.75, 3.05) is 68.5 Å². The standard InChI is InChI=1S/C34H48N8O3S/c1-25-24-26(10-11-28(25)40-17-19-42(20-18-40)33(43)45-34(2,3)4)35-13-8-6-7-9-14-36-29-27-12-23-46-32(27)39-30(38-29)31-37-15-16-41(31)21-22-44-5/h10-12,15-16,23-24,35H,6-9,13-14,17-22H2,1-5H3,(H,36,38,39). The van der Waals surface area contributed by atoms with Crippen molar-refractivity contribution < 1.29 is 14.3 Å². The van der Waals surface area contributed by atoms with Gasteiger partial charge in [-0.05, 0) is 75.7 Å². The van der Waals surface area contributed by atoms with E-state index in [4.69, 9.17) is 19.4 Å². The highest BCUT2D eigenvalue weighted by atomic mass is 32.1. The molecular formula is C34H48N8O3S. The monoisotopic (exact) mass is 648 g/mol. The van der Waals surface area contributed by atoms with Crippen molar-refractivity contribution in [2.45, 2.75) is 65.5 Å². The smallest absolute Gasteiger partial charge is 0.410 e. The number of imidazole rings is 1. The SMILES string of the molecule is COCCn1ccnc1-c1nc(NCCCCCCNc2ccc(N3CCN(C(=O)OC(C)(C)C)CC3)c(C)c2)c2ccsc2n1. The third kappa shape index (κ3) is 8.88. The van der Waals surface area contributed by atoms with Crippen LogP contribution in [0.1, 0.15) is 52.0 Å². The van der Waals surface area contributed by atoms with Gasteiger partial charge in [0.1, 0.15) is 16.2 Å². The molecule has 12 heteroatoms. The normalized spacial score (nSPS) is 13.8. The molecule has 1 aromatic carbocycles. The molecule has 46 heavy (non-hydrogen) atoms. The highest BCUT2D eigenvalue weighted by molar-refractivity contribution is 7.16. The van der Waals surface area contributed by atoms with Gasteiger partial charge in [0.15, 0.2) is 11.6 Å². The Morgan fingerprint density at radius 2 is 1.76 bits per heavy atom. The number of thiophene rings is 1. The van der Waals surface area contributed by atoms with Gasteiger partial charge in [-0.25, -0.2) is 19.7 Å². The first-order valence-corrected chi connectivity index (χ1v) is 17.2. The van der Waals surface area contributed by atoms with Crippen LogP contribution in [0.25, 0.3) is 21.9 Å². The summed E-state index contributed by atoms with van der Waals surface area (Å²) in [5, 5.41) is 10.3. The third-order valence-electron chi connectivity index (χ3n) is 7.97. The molecule has 1 aliphatic heterocycles. The zero-order valence-corrected chi connectivity index (χ0v) is 28.7. The van der Waals surface area contributed by atoms with E-state index in [9.17, 15) is 4.79 Å². The number of rotatable bonds is 14. The van der Waals surface area contributed by atoms with E-state index in [-0.39, 0.29) is 6.09 Å². The molecule has 0 unspecified atom stereocenters. The molecular weight excluding hydrogens is 600 g/mol. The van der Waals surface area contributed by atoms with Crippen molar-refractivity contribution in [3.05, 3.63) is 47.6 Å². The van der Waals surface area contributed by atoms with E-state index in [2.05, 4.69) is 57.1 Å². The Balaban J connectivity index is 1.02. The van der Waals surface area contributed by atoms with E-state index in [1.165, 1.54) is 11.3 Å². The van der Waals surface area contributed by atoms with Gasteiger partial charge < -0.3 is 34.5 Å². The lowest BCUT2D eigenvalue weighted by atomic mass is 10.1. The van der Waals surface area contributed by atoms with Gasteiger partial charge in [-0.3, -0.25) is 0 Å². The molecule has 2 N–H and O–H groups in total. The average Bonchev–Trinajstić information content (AvgIpc) is 3.70.